The van der Waals surface area contributed by atoms with E-state index in [-0.39, 0.29) is 11.3 Å². The highest BCUT2D eigenvalue weighted by Crippen LogP contribution is 2.21. The highest BCUT2D eigenvalue weighted by atomic mass is 79.9. The Morgan fingerprint density at radius 3 is 2.65 bits per heavy atom. The number of aryl methyl sites for hydroxylation is 1. The molecule has 1 aliphatic rings. The number of nitrogens with zero attached hydrogens (tertiary/aromatic N) is 1. The number of carbonyl (C=O) groups excluding carboxylic acids is 1. The van der Waals surface area contributed by atoms with Crippen LogP contribution in [-0.2, 0) is 0 Å². The van der Waals surface area contributed by atoms with E-state index >= 15 is 0 Å². The molecule has 1 amide bonds. The summed E-state index contributed by atoms with van der Waals surface area (Å²) < 4.78 is 1.01. The zero-order valence-electron chi connectivity index (χ0n) is 9.75. The third-order valence-electron chi connectivity index (χ3n) is 3.13. The van der Waals surface area contributed by atoms with Crippen LogP contribution in [0.25, 0.3) is 0 Å². The molecular formula is C13H15BrClNO. The number of amides is 1. The molecule has 2 rings (SSSR count). The summed E-state index contributed by atoms with van der Waals surface area (Å²) in [6.45, 7) is 3.50. The van der Waals surface area contributed by atoms with Crippen LogP contribution in [0.4, 0.5) is 0 Å². The van der Waals surface area contributed by atoms with Gasteiger partial charge in [-0.3, -0.25) is 4.79 Å². The van der Waals surface area contributed by atoms with E-state index in [2.05, 4.69) is 15.9 Å². The molecule has 1 aromatic rings. The fourth-order valence-electron chi connectivity index (χ4n) is 2.09. The van der Waals surface area contributed by atoms with Gasteiger partial charge in [0.15, 0.2) is 0 Å². The van der Waals surface area contributed by atoms with E-state index in [0.717, 1.165) is 41.5 Å². The molecule has 0 aliphatic carbocycles. The summed E-state index contributed by atoms with van der Waals surface area (Å²) in [6, 6.07) is 5.77. The van der Waals surface area contributed by atoms with Gasteiger partial charge in [0, 0.05) is 28.5 Å². The Labute approximate surface area is 115 Å². The fraction of sp³-hybridized carbons (Fsp3) is 0.462. The molecule has 1 fully saturated rings. The lowest BCUT2D eigenvalue weighted by Gasteiger charge is -2.29. The first-order valence-electron chi connectivity index (χ1n) is 5.77. The summed E-state index contributed by atoms with van der Waals surface area (Å²) in [7, 11) is 0. The molecule has 1 saturated heterocycles. The van der Waals surface area contributed by atoms with Crippen LogP contribution in [-0.4, -0.2) is 29.3 Å². The molecule has 0 unspecified atom stereocenters. The first-order chi connectivity index (χ1) is 8.08. The second-order valence-electron chi connectivity index (χ2n) is 4.43. The van der Waals surface area contributed by atoms with Gasteiger partial charge < -0.3 is 4.90 Å². The third-order valence-corrected chi connectivity index (χ3v) is 4.06. The molecule has 0 saturated carbocycles. The molecule has 2 nitrogen and oxygen atoms in total. The Hall–Kier alpha value is -0.540. The van der Waals surface area contributed by atoms with Crippen LogP contribution >= 0.6 is 27.5 Å². The number of benzene rings is 1. The Balaban J connectivity index is 2.14. The van der Waals surface area contributed by atoms with E-state index in [1.165, 1.54) is 0 Å². The van der Waals surface area contributed by atoms with Gasteiger partial charge in [0.1, 0.15) is 0 Å². The van der Waals surface area contributed by atoms with Gasteiger partial charge >= 0.3 is 0 Å². The average Bonchev–Trinajstić information content (AvgIpc) is 2.29. The van der Waals surface area contributed by atoms with Gasteiger partial charge in [-0.25, -0.2) is 0 Å². The molecule has 0 aromatic heterocycles. The molecule has 0 spiro atoms. The monoisotopic (exact) mass is 315 g/mol. The summed E-state index contributed by atoms with van der Waals surface area (Å²) in [5, 5.41) is 0.227. The SMILES string of the molecule is Cc1cc(Br)ccc1C(=O)N1CCC(Cl)CC1. The van der Waals surface area contributed by atoms with Crippen molar-refractivity contribution in [2.75, 3.05) is 13.1 Å². The van der Waals surface area contributed by atoms with E-state index in [1.54, 1.807) is 0 Å². The maximum Gasteiger partial charge on any atom is 0.254 e. The molecule has 1 heterocycles. The maximum atomic E-state index is 12.3. The van der Waals surface area contributed by atoms with Crippen molar-refractivity contribution < 1.29 is 4.79 Å². The molecule has 0 radical (unpaired) electrons. The minimum absolute atomic E-state index is 0.124. The van der Waals surface area contributed by atoms with Crippen molar-refractivity contribution in [1.82, 2.24) is 4.90 Å². The lowest BCUT2D eigenvalue weighted by Crippen LogP contribution is -2.39. The van der Waals surface area contributed by atoms with Crippen molar-refractivity contribution in [2.24, 2.45) is 0 Å². The molecule has 1 aromatic carbocycles. The Bertz CT molecular complexity index is 427. The number of piperidine rings is 1. The van der Waals surface area contributed by atoms with Crippen LogP contribution in [0.5, 0.6) is 0 Å². The molecule has 0 bridgehead atoms. The van der Waals surface area contributed by atoms with Gasteiger partial charge in [-0.1, -0.05) is 15.9 Å². The molecular weight excluding hydrogens is 302 g/mol. The van der Waals surface area contributed by atoms with Gasteiger partial charge in [0.25, 0.3) is 5.91 Å². The van der Waals surface area contributed by atoms with E-state index in [1.807, 2.05) is 30.0 Å². The van der Waals surface area contributed by atoms with Crippen LogP contribution in [0, 0.1) is 6.92 Å². The maximum absolute atomic E-state index is 12.3. The topological polar surface area (TPSA) is 20.3 Å². The average molecular weight is 317 g/mol. The van der Waals surface area contributed by atoms with Crippen LogP contribution in [0.15, 0.2) is 22.7 Å². The molecule has 1 aliphatic heterocycles. The zero-order valence-corrected chi connectivity index (χ0v) is 12.1. The number of halogens is 2. The number of rotatable bonds is 1. The van der Waals surface area contributed by atoms with Crippen molar-refractivity contribution in [3.05, 3.63) is 33.8 Å². The molecule has 0 N–H and O–H groups in total. The minimum Gasteiger partial charge on any atom is -0.339 e. The normalized spacial score (nSPS) is 17.2. The van der Waals surface area contributed by atoms with Gasteiger partial charge in [0.05, 0.1) is 0 Å². The van der Waals surface area contributed by atoms with Gasteiger partial charge in [-0.15, -0.1) is 11.6 Å². The standard InChI is InChI=1S/C13H15BrClNO/c1-9-8-10(14)2-3-12(9)13(17)16-6-4-11(15)5-7-16/h2-3,8,11H,4-7H2,1H3. The smallest absolute Gasteiger partial charge is 0.254 e. The van der Waals surface area contributed by atoms with Crippen molar-refractivity contribution in [3.8, 4) is 0 Å². The van der Waals surface area contributed by atoms with Crippen LogP contribution in [0.2, 0.25) is 0 Å². The van der Waals surface area contributed by atoms with Crippen LogP contribution in [0.1, 0.15) is 28.8 Å². The summed E-state index contributed by atoms with van der Waals surface area (Å²) in [4.78, 5) is 14.2. The Kier molecular flexibility index (Phi) is 4.10. The number of carbonyl (C=O) groups is 1. The van der Waals surface area contributed by atoms with E-state index < -0.39 is 0 Å². The minimum atomic E-state index is 0.124. The third kappa shape index (κ3) is 3.02. The first kappa shape index (κ1) is 12.9. The quantitative estimate of drug-likeness (QED) is 0.725. The van der Waals surface area contributed by atoms with Gasteiger partial charge in [-0.2, -0.15) is 0 Å². The molecule has 4 heteroatoms. The van der Waals surface area contributed by atoms with E-state index in [0.29, 0.717) is 0 Å². The van der Waals surface area contributed by atoms with Crippen molar-refractivity contribution in [2.45, 2.75) is 25.1 Å². The zero-order chi connectivity index (χ0) is 12.4. The molecule has 0 atom stereocenters. The summed E-state index contributed by atoms with van der Waals surface area (Å²) >= 11 is 9.45. The fourth-order valence-corrected chi connectivity index (χ4v) is 2.76. The van der Waals surface area contributed by atoms with Crippen LogP contribution < -0.4 is 0 Å². The van der Waals surface area contributed by atoms with E-state index in [9.17, 15) is 4.79 Å². The number of hydrogen-bond donors (Lipinski definition) is 0. The highest BCUT2D eigenvalue weighted by molar-refractivity contribution is 9.10. The van der Waals surface area contributed by atoms with Crippen LogP contribution in [0.3, 0.4) is 0 Å². The summed E-state index contributed by atoms with van der Waals surface area (Å²) in [6.07, 6.45) is 1.78. The number of hydrogen-bond acceptors (Lipinski definition) is 1. The van der Waals surface area contributed by atoms with Crippen molar-refractivity contribution in [3.63, 3.8) is 0 Å². The summed E-state index contributed by atoms with van der Waals surface area (Å²) in [5.41, 5.74) is 1.80. The Morgan fingerprint density at radius 2 is 2.06 bits per heavy atom. The lowest BCUT2D eigenvalue weighted by molar-refractivity contribution is 0.0725. The van der Waals surface area contributed by atoms with Crippen molar-refractivity contribution >= 4 is 33.4 Å². The predicted molar refractivity (Wildman–Crippen MR) is 73.7 cm³/mol. The summed E-state index contributed by atoms with van der Waals surface area (Å²) in [5.74, 6) is 0.124. The lowest BCUT2D eigenvalue weighted by atomic mass is 10.1. The molecule has 17 heavy (non-hydrogen) atoms. The van der Waals surface area contributed by atoms with Gasteiger partial charge in [-0.05, 0) is 43.5 Å². The number of alkyl halides is 1. The first-order valence-corrected chi connectivity index (χ1v) is 7.00. The largest absolute Gasteiger partial charge is 0.339 e. The van der Waals surface area contributed by atoms with Gasteiger partial charge in [0.2, 0.25) is 0 Å². The van der Waals surface area contributed by atoms with E-state index in [4.69, 9.17) is 11.6 Å². The molecule has 92 valence electrons. The predicted octanol–water partition coefficient (Wildman–Crippen LogP) is 3.60. The second-order valence-corrected chi connectivity index (χ2v) is 5.96. The Morgan fingerprint density at radius 1 is 1.41 bits per heavy atom. The highest BCUT2D eigenvalue weighted by Gasteiger charge is 2.23. The van der Waals surface area contributed by atoms with Crippen molar-refractivity contribution in [1.29, 1.82) is 0 Å². The number of likely N-dealkylation sites (tertiary alicyclic amines) is 1. The second kappa shape index (κ2) is 5.40.